The molecule has 0 saturated heterocycles. The summed E-state index contributed by atoms with van der Waals surface area (Å²) in [6.07, 6.45) is 3.30. The van der Waals surface area contributed by atoms with Crippen molar-refractivity contribution < 1.29 is 5.11 Å². The van der Waals surface area contributed by atoms with E-state index in [4.69, 9.17) is 0 Å². The summed E-state index contributed by atoms with van der Waals surface area (Å²) in [7, 11) is 0. The van der Waals surface area contributed by atoms with Gasteiger partial charge in [0.25, 0.3) is 0 Å². The average molecular weight is 196 g/mol. The minimum Gasteiger partial charge on any atom is -0.385 e. The molecule has 0 spiro atoms. The van der Waals surface area contributed by atoms with E-state index >= 15 is 0 Å². The SMILES string of the molecule is CCCC1CC1(O)c1csc(C)c1. The van der Waals surface area contributed by atoms with Crippen LogP contribution in [0, 0.1) is 12.8 Å². The number of hydrogen-bond acceptors (Lipinski definition) is 2. The van der Waals surface area contributed by atoms with Crippen LogP contribution in [0.2, 0.25) is 0 Å². The largest absolute Gasteiger partial charge is 0.385 e. The third-order valence-electron chi connectivity index (χ3n) is 2.94. The van der Waals surface area contributed by atoms with Gasteiger partial charge in [0.2, 0.25) is 0 Å². The maximum atomic E-state index is 10.2. The van der Waals surface area contributed by atoms with E-state index in [1.54, 1.807) is 11.3 Å². The van der Waals surface area contributed by atoms with Gasteiger partial charge in [0.1, 0.15) is 0 Å². The predicted molar refractivity (Wildman–Crippen MR) is 56.0 cm³/mol. The second-order valence-electron chi connectivity index (χ2n) is 4.06. The van der Waals surface area contributed by atoms with E-state index in [0.29, 0.717) is 5.92 Å². The van der Waals surface area contributed by atoms with Gasteiger partial charge >= 0.3 is 0 Å². The molecule has 2 rings (SSSR count). The Labute approximate surface area is 83.4 Å². The van der Waals surface area contributed by atoms with Crippen molar-refractivity contribution in [3.8, 4) is 0 Å². The molecule has 1 saturated carbocycles. The molecule has 13 heavy (non-hydrogen) atoms. The molecule has 1 aromatic rings. The summed E-state index contributed by atoms with van der Waals surface area (Å²) < 4.78 is 0. The van der Waals surface area contributed by atoms with Gasteiger partial charge in [-0.1, -0.05) is 13.3 Å². The molecule has 0 aliphatic heterocycles. The maximum absolute atomic E-state index is 10.2. The molecule has 0 amide bonds. The number of aryl methyl sites for hydroxylation is 1. The van der Waals surface area contributed by atoms with Gasteiger partial charge in [0.15, 0.2) is 0 Å². The number of rotatable bonds is 3. The molecule has 1 fully saturated rings. The van der Waals surface area contributed by atoms with Crippen molar-refractivity contribution in [3.05, 3.63) is 21.9 Å². The topological polar surface area (TPSA) is 20.2 Å². The van der Waals surface area contributed by atoms with E-state index in [2.05, 4.69) is 25.3 Å². The molecular formula is C11H16OS. The van der Waals surface area contributed by atoms with E-state index in [9.17, 15) is 5.11 Å². The zero-order valence-electron chi connectivity index (χ0n) is 8.21. The van der Waals surface area contributed by atoms with Gasteiger partial charge in [-0.15, -0.1) is 11.3 Å². The van der Waals surface area contributed by atoms with E-state index in [0.717, 1.165) is 18.4 Å². The van der Waals surface area contributed by atoms with Gasteiger partial charge in [-0.05, 0) is 42.7 Å². The molecular weight excluding hydrogens is 180 g/mol. The molecule has 0 bridgehead atoms. The van der Waals surface area contributed by atoms with Crippen molar-refractivity contribution in [3.63, 3.8) is 0 Å². The number of thiophene rings is 1. The Bertz CT molecular complexity index is 305. The summed E-state index contributed by atoms with van der Waals surface area (Å²) in [4.78, 5) is 1.30. The Balaban J connectivity index is 2.11. The fourth-order valence-electron chi connectivity index (χ4n) is 2.03. The second kappa shape index (κ2) is 3.10. The van der Waals surface area contributed by atoms with Gasteiger partial charge in [0.05, 0.1) is 5.60 Å². The highest BCUT2D eigenvalue weighted by Crippen LogP contribution is 2.54. The fraction of sp³-hybridized carbons (Fsp3) is 0.636. The highest BCUT2D eigenvalue weighted by atomic mass is 32.1. The summed E-state index contributed by atoms with van der Waals surface area (Å²) in [6, 6.07) is 2.13. The molecule has 2 heteroatoms. The van der Waals surface area contributed by atoms with Gasteiger partial charge in [-0.2, -0.15) is 0 Å². The van der Waals surface area contributed by atoms with Gasteiger partial charge < -0.3 is 5.11 Å². The van der Waals surface area contributed by atoms with E-state index in [-0.39, 0.29) is 0 Å². The first-order valence-electron chi connectivity index (χ1n) is 4.95. The molecule has 0 aromatic carbocycles. The average Bonchev–Trinajstić information content (AvgIpc) is 2.57. The molecule has 0 radical (unpaired) electrons. The minimum atomic E-state index is -0.458. The van der Waals surface area contributed by atoms with Crippen molar-refractivity contribution >= 4 is 11.3 Å². The van der Waals surface area contributed by atoms with Crippen molar-refractivity contribution in [2.45, 2.75) is 38.7 Å². The fourth-order valence-corrected chi connectivity index (χ4v) is 2.81. The quantitative estimate of drug-likeness (QED) is 0.787. The molecule has 72 valence electrons. The summed E-state index contributed by atoms with van der Waals surface area (Å²) in [5.41, 5.74) is 0.689. The zero-order valence-corrected chi connectivity index (χ0v) is 9.03. The molecule has 1 nitrogen and oxygen atoms in total. The monoisotopic (exact) mass is 196 g/mol. The van der Waals surface area contributed by atoms with E-state index < -0.39 is 5.60 Å². The highest BCUT2D eigenvalue weighted by molar-refractivity contribution is 7.10. The van der Waals surface area contributed by atoms with Crippen LogP contribution in [0.3, 0.4) is 0 Å². The van der Waals surface area contributed by atoms with E-state index in [1.807, 2.05) is 0 Å². The number of hydrogen-bond donors (Lipinski definition) is 1. The first kappa shape index (κ1) is 9.22. The molecule has 2 atom stereocenters. The van der Waals surface area contributed by atoms with Crippen molar-refractivity contribution in [2.75, 3.05) is 0 Å². The van der Waals surface area contributed by atoms with E-state index in [1.165, 1.54) is 11.3 Å². The summed E-state index contributed by atoms with van der Waals surface area (Å²) in [6.45, 7) is 4.27. The molecule has 1 aliphatic carbocycles. The smallest absolute Gasteiger partial charge is 0.0937 e. The van der Waals surface area contributed by atoms with Gasteiger partial charge in [-0.25, -0.2) is 0 Å². The Morgan fingerprint density at radius 1 is 1.69 bits per heavy atom. The third kappa shape index (κ3) is 1.53. The number of aliphatic hydroxyl groups is 1. The predicted octanol–water partition coefficient (Wildman–Crippen LogP) is 3.06. The normalized spacial score (nSPS) is 32.1. The lowest BCUT2D eigenvalue weighted by Crippen LogP contribution is -2.06. The third-order valence-corrected chi connectivity index (χ3v) is 3.80. The lowest BCUT2D eigenvalue weighted by molar-refractivity contribution is 0.129. The Morgan fingerprint density at radius 3 is 3.00 bits per heavy atom. The lowest BCUT2D eigenvalue weighted by Gasteiger charge is -2.06. The zero-order chi connectivity index (χ0) is 9.47. The van der Waals surface area contributed by atoms with Crippen LogP contribution >= 0.6 is 11.3 Å². The van der Waals surface area contributed by atoms with Crippen LogP contribution in [0.4, 0.5) is 0 Å². The minimum absolute atomic E-state index is 0.458. The molecule has 1 aromatic heterocycles. The van der Waals surface area contributed by atoms with Crippen LogP contribution in [0.5, 0.6) is 0 Å². The van der Waals surface area contributed by atoms with Crippen LogP contribution in [-0.4, -0.2) is 5.11 Å². The van der Waals surface area contributed by atoms with Crippen LogP contribution in [-0.2, 0) is 5.60 Å². The van der Waals surface area contributed by atoms with Crippen molar-refractivity contribution in [1.29, 1.82) is 0 Å². The summed E-state index contributed by atoms with van der Waals surface area (Å²) in [5.74, 6) is 0.520. The Morgan fingerprint density at radius 2 is 2.46 bits per heavy atom. The van der Waals surface area contributed by atoms with Gasteiger partial charge in [0, 0.05) is 4.88 Å². The Kier molecular flexibility index (Phi) is 2.20. The standard InChI is InChI=1S/C11H16OS/c1-3-4-9-6-11(9,12)10-5-8(2)13-7-10/h5,7,9,12H,3-4,6H2,1-2H3. The first-order valence-corrected chi connectivity index (χ1v) is 5.82. The molecule has 1 aliphatic rings. The van der Waals surface area contributed by atoms with Crippen molar-refractivity contribution in [2.24, 2.45) is 5.92 Å². The summed E-state index contributed by atoms with van der Waals surface area (Å²) >= 11 is 1.73. The molecule has 2 unspecified atom stereocenters. The molecule has 1 heterocycles. The first-order chi connectivity index (χ1) is 6.16. The second-order valence-corrected chi connectivity index (χ2v) is 5.18. The van der Waals surface area contributed by atoms with Gasteiger partial charge in [-0.3, -0.25) is 0 Å². The van der Waals surface area contributed by atoms with Crippen molar-refractivity contribution in [1.82, 2.24) is 0 Å². The maximum Gasteiger partial charge on any atom is 0.0937 e. The molecule has 1 N–H and O–H groups in total. The van der Waals surface area contributed by atoms with Crippen LogP contribution in [0.25, 0.3) is 0 Å². The Hall–Kier alpha value is -0.340. The van der Waals surface area contributed by atoms with Crippen LogP contribution < -0.4 is 0 Å². The lowest BCUT2D eigenvalue weighted by atomic mass is 10.1. The van der Waals surface area contributed by atoms with Crippen LogP contribution in [0.15, 0.2) is 11.4 Å². The highest BCUT2D eigenvalue weighted by Gasteiger charge is 2.53. The summed E-state index contributed by atoms with van der Waals surface area (Å²) in [5, 5.41) is 12.3. The van der Waals surface area contributed by atoms with Crippen LogP contribution in [0.1, 0.15) is 36.6 Å².